The van der Waals surface area contributed by atoms with E-state index < -0.39 is 0 Å². The lowest BCUT2D eigenvalue weighted by Crippen LogP contribution is -2.66. The van der Waals surface area contributed by atoms with Crippen molar-refractivity contribution in [1.82, 2.24) is 14.7 Å². The van der Waals surface area contributed by atoms with E-state index in [-0.39, 0.29) is 5.92 Å². The molecule has 1 spiro atoms. The second kappa shape index (κ2) is 7.67. The van der Waals surface area contributed by atoms with E-state index in [9.17, 15) is 4.79 Å². The summed E-state index contributed by atoms with van der Waals surface area (Å²) in [6.07, 6.45) is 8.09. The third-order valence-corrected chi connectivity index (χ3v) is 8.14. The summed E-state index contributed by atoms with van der Waals surface area (Å²) < 4.78 is 0. The molecule has 1 unspecified atom stereocenters. The summed E-state index contributed by atoms with van der Waals surface area (Å²) in [7, 11) is 0. The molecule has 1 atom stereocenters. The van der Waals surface area contributed by atoms with Gasteiger partial charge in [0.25, 0.3) is 0 Å². The fourth-order valence-electron chi connectivity index (χ4n) is 6.29. The molecule has 3 heterocycles. The van der Waals surface area contributed by atoms with Gasteiger partial charge in [-0.1, -0.05) is 27.7 Å². The first-order valence-corrected chi connectivity index (χ1v) is 11.6. The Morgan fingerprint density at radius 2 is 1.56 bits per heavy atom. The molecule has 0 N–H and O–H groups in total. The molecule has 4 fully saturated rings. The Bertz CT molecular complexity index is 524. The quantitative estimate of drug-likeness (QED) is 0.753. The summed E-state index contributed by atoms with van der Waals surface area (Å²) in [6.45, 7) is 16.0. The Hall–Kier alpha value is -0.610. The number of nitrogens with zero attached hydrogens (tertiary/aromatic N) is 3. The van der Waals surface area contributed by atoms with E-state index in [0.717, 1.165) is 31.0 Å². The molecule has 0 bridgehead atoms. The maximum absolute atomic E-state index is 12.4. The zero-order valence-electron chi connectivity index (χ0n) is 18.1. The molecule has 27 heavy (non-hydrogen) atoms. The van der Waals surface area contributed by atoms with E-state index in [4.69, 9.17) is 0 Å². The summed E-state index contributed by atoms with van der Waals surface area (Å²) in [5.41, 5.74) is 0.715. The Morgan fingerprint density at radius 1 is 0.889 bits per heavy atom. The van der Waals surface area contributed by atoms with Crippen molar-refractivity contribution in [3.05, 3.63) is 0 Å². The molecule has 1 amide bonds. The minimum Gasteiger partial charge on any atom is -0.341 e. The van der Waals surface area contributed by atoms with Gasteiger partial charge < -0.3 is 4.90 Å². The third-order valence-electron chi connectivity index (χ3n) is 8.14. The van der Waals surface area contributed by atoms with Gasteiger partial charge in [0, 0.05) is 44.2 Å². The van der Waals surface area contributed by atoms with Crippen molar-refractivity contribution >= 4 is 5.91 Å². The standard InChI is InChI=1S/C23H41N3O/c1-17(2)19-12-23(13-19)15-26(16-23)20-7-10-24(11-8-20)21-6-5-9-25(14-21)22(27)18(3)4/h17-21H,5-16H2,1-4H3. The molecule has 154 valence electrons. The Balaban J connectivity index is 1.20. The van der Waals surface area contributed by atoms with Gasteiger partial charge in [0.15, 0.2) is 0 Å². The molecule has 0 aromatic heterocycles. The predicted octanol–water partition coefficient (Wildman–Crippen LogP) is 3.47. The molecule has 0 aromatic rings. The van der Waals surface area contributed by atoms with Gasteiger partial charge in [-0.05, 0) is 68.9 Å². The van der Waals surface area contributed by atoms with Gasteiger partial charge in [-0.15, -0.1) is 0 Å². The Kier molecular flexibility index (Phi) is 5.59. The van der Waals surface area contributed by atoms with Crippen molar-refractivity contribution in [3.63, 3.8) is 0 Å². The highest BCUT2D eigenvalue weighted by atomic mass is 16.2. The average Bonchev–Trinajstić information content (AvgIpc) is 2.59. The van der Waals surface area contributed by atoms with E-state index in [1.54, 1.807) is 0 Å². The van der Waals surface area contributed by atoms with Gasteiger partial charge in [0.2, 0.25) is 5.91 Å². The van der Waals surface area contributed by atoms with Crippen LogP contribution >= 0.6 is 0 Å². The highest BCUT2D eigenvalue weighted by molar-refractivity contribution is 5.78. The van der Waals surface area contributed by atoms with Crippen LogP contribution in [0.25, 0.3) is 0 Å². The molecular formula is C23H41N3O. The number of carbonyl (C=O) groups excluding carboxylic acids is 1. The van der Waals surface area contributed by atoms with Crippen molar-refractivity contribution in [2.45, 2.75) is 78.3 Å². The highest BCUT2D eigenvalue weighted by Crippen LogP contribution is 2.55. The third kappa shape index (κ3) is 3.94. The second-order valence-electron chi connectivity index (χ2n) is 10.8. The number of amides is 1. The monoisotopic (exact) mass is 375 g/mol. The number of piperidine rings is 2. The summed E-state index contributed by atoms with van der Waals surface area (Å²) in [6, 6.07) is 1.42. The topological polar surface area (TPSA) is 26.8 Å². The normalized spacial score (nSPS) is 30.7. The minimum absolute atomic E-state index is 0.134. The second-order valence-corrected chi connectivity index (χ2v) is 10.8. The number of hydrogen-bond acceptors (Lipinski definition) is 3. The fourth-order valence-corrected chi connectivity index (χ4v) is 6.29. The molecular weight excluding hydrogens is 334 g/mol. The predicted molar refractivity (Wildman–Crippen MR) is 111 cm³/mol. The van der Waals surface area contributed by atoms with Gasteiger partial charge in [-0.25, -0.2) is 0 Å². The molecule has 4 nitrogen and oxygen atoms in total. The van der Waals surface area contributed by atoms with Crippen molar-refractivity contribution in [2.24, 2.45) is 23.2 Å². The Labute approximate surface area is 166 Å². The van der Waals surface area contributed by atoms with Gasteiger partial charge in [-0.3, -0.25) is 14.6 Å². The van der Waals surface area contributed by atoms with Crippen LogP contribution in [-0.4, -0.2) is 72.0 Å². The molecule has 0 aromatic carbocycles. The largest absolute Gasteiger partial charge is 0.341 e. The smallest absolute Gasteiger partial charge is 0.225 e. The minimum atomic E-state index is 0.134. The van der Waals surface area contributed by atoms with Crippen molar-refractivity contribution in [3.8, 4) is 0 Å². The first-order chi connectivity index (χ1) is 12.9. The molecule has 3 saturated heterocycles. The lowest BCUT2D eigenvalue weighted by molar-refractivity contribution is -0.138. The van der Waals surface area contributed by atoms with Crippen LogP contribution in [0.4, 0.5) is 0 Å². The molecule has 1 aliphatic carbocycles. The number of rotatable bonds is 4. The summed E-state index contributed by atoms with van der Waals surface area (Å²) in [5, 5.41) is 0. The number of likely N-dealkylation sites (tertiary alicyclic amines) is 3. The maximum atomic E-state index is 12.4. The number of hydrogen-bond donors (Lipinski definition) is 0. The van der Waals surface area contributed by atoms with E-state index >= 15 is 0 Å². The molecule has 4 aliphatic rings. The van der Waals surface area contributed by atoms with Crippen LogP contribution in [0.5, 0.6) is 0 Å². The van der Waals surface area contributed by atoms with Crippen LogP contribution in [0, 0.1) is 23.2 Å². The summed E-state index contributed by atoms with van der Waals surface area (Å²) >= 11 is 0. The van der Waals surface area contributed by atoms with E-state index in [1.807, 2.05) is 13.8 Å². The van der Waals surface area contributed by atoms with Crippen molar-refractivity contribution in [1.29, 1.82) is 0 Å². The SMILES string of the molecule is CC(C)C(=O)N1CCCC(N2CCC(N3CC4(CC(C(C)C)C4)C3)CC2)C1. The Morgan fingerprint density at radius 3 is 2.15 bits per heavy atom. The van der Waals surface area contributed by atoms with Crippen LogP contribution in [0.1, 0.15) is 66.2 Å². The lowest BCUT2D eigenvalue weighted by atomic mass is 9.55. The zero-order valence-corrected chi connectivity index (χ0v) is 18.1. The maximum Gasteiger partial charge on any atom is 0.225 e. The van der Waals surface area contributed by atoms with E-state index in [1.165, 1.54) is 64.7 Å². The van der Waals surface area contributed by atoms with Gasteiger partial charge in [0.1, 0.15) is 0 Å². The molecule has 4 rings (SSSR count). The molecule has 3 aliphatic heterocycles. The van der Waals surface area contributed by atoms with Crippen LogP contribution < -0.4 is 0 Å². The average molecular weight is 376 g/mol. The molecule has 0 radical (unpaired) electrons. The van der Waals surface area contributed by atoms with Crippen molar-refractivity contribution < 1.29 is 4.79 Å². The van der Waals surface area contributed by atoms with E-state index in [0.29, 0.717) is 17.4 Å². The van der Waals surface area contributed by atoms with Crippen LogP contribution in [0.2, 0.25) is 0 Å². The molecule has 4 heteroatoms. The summed E-state index contributed by atoms with van der Waals surface area (Å²) in [4.78, 5) is 20.0. The van der Waals surface area contributed by atoms with E-state index in [2.05, 4.69) is 28.5 Å². The van der Waals surface area contributed by atoms with Gasteiger partial charge >= 0.3 is 0 Å². The van der Waals surface area contributed by atoms with Gasteiger partial charge in [-0.2, -0.15) is 0 Å². The number of carbonyl (C=O) groups is 1. The molecule has 1 saturated carbocycles. The summed E-state index contributed by atoms with van der Waals surface area (Å²) in [5.74, 6) is 2.36. The van der Waals surface area contributed by atoms with Crippen LogP contribution in [0.15, 0.2) is 0 Å². The lowest BCUT2D eigenvalue weighted by Gasteiger charge is -2.63. The highest BCUT2D eigenvalue weighted by Gasteiger charge is 2.54. The van der Waals surface area contributed by atoms with Gasteiger partial charge in [0.05, 0.1) is 0 Å². The first kappa shape index (κ1) is 19.7. The van der Waals surface area contributed by atoms with Crippen molar-refractivity contribution in [2.75, 3.05) is 39.3 Å². The van der Waals surface area contributed by atoms with Crippen LogP contribution in [-0.2, 0) is 4.79 Å². The fraction of sp³-hybridized carbons (Fsp3) is 0.957. The zero-order chi connectivity index (χ0) is 19.2. The first-order valence-electron chi connectivity index (χ1n) is 11.6. The van der Waals surface area contributed by atoms with Crippen LogP contribution in [0.3, 0.4) is 0 Å².